The molecular weight excluding hydrogens is 489 g/mol. The fraction of sp³-hybridized carbons (Fsp3) is 0.345. The van der Waals surface area contributed by atoms with Gasteiger partial charge in [-0.25, -0.2) is 15.0 Å². The van der Waals surface area contributed by atoms with E-state index in [9.17, 15) is 13.2 Å². The van der Waals surface area contributed by atoms with Crippen LogP contribution in [0.25, 0.3) is 22.6 Å². The number of benzene rings is 2. The number of alkyl halides is 3. The number of halogens is 3. The predicted octanol–water partition coefficient (Wildman–Crippen LogP) is 6.55. The van der Waals surface area contributed by atoms with Gasteiger partial charge in [-0.3, -0.25) is 0 Å². The Hall–Kier alpha value is -3.72. The normalized spacial score (nSPS) is 15.9. The van der Waals surface area contributed by atoms with Crippen molar-refractivity contribution in [3.05, 3.63) is 83.8 Å². The number of hydrogen-bond acceptors (Lipinski definition) is 5. The molecule has 0 radical (unpaired) electrons. The highest BCUT2D eigenvalue weighted by atomic mass is 19.4. The van der Waals surface area contributed by atoms with Crippen molar-refractivity contribution in [2.75, 3.05) is 25.5 Å². The minimum atomic E-state index is -4.44. The fourth-order valence-corrected chi connectivity index (χ4v) is 5.06. The Bertz CT molecular complexity index is 1390. The summed E-state index contributed by atoms with van der Waals surface area (Å²) in [7, 11) is 4.02. The van der Waals surface area contributed by atoms with Crippen LogP contribution in [0.1, 0.15) is 48.7 Å². The van der Waals surface area contributed by atoms with Crippen LogP contribution in [0.2, 0.25) is 0 Å². The summed E-state index contributed by atoms with van der Waals surface area (Å²) in [6.45, 7) is 3.93. The third-order valence-electron chi connectivity index (χ3n) is 7.22. The van der Waals surface area contributed by atoms with Gasteiger partial charge < -0.3 is 14.8 Å². The molecule has 0 amide bonds. The van der Waals surface area contributed by atoms with Crippen molar-refractivity contribution in [1.29, 1.82) is 0 Å². The quantitative estimate of drug-likeness (QED) is 0.313. The van der Waals surface area contributed by atoms with Crippen molar-refractivity contribution in [2.24, 2.45) is 7.05 Å². The minimum Gasteiger partial charge on any atom is -0.348 e. The van der Waals surface area contributed by atoms with Crippen LogP contribution >= 0.6 is 0 Å². The highest BCUT2D eigenvalue weighted by Gasteiger charge is 2.32. The first-order valence-corrected chi connectivity index (χ1v) is 12.8. The van der Waals surface area contributed by atoms with E-state index < -0.39 is 11.7 Å². The number of imidazole rings is 1. The summed E-state index contributed by atoms with van der Waals surface area (Å²) < 4.78 is 42.7. The number of nitrogens with zero attached hydrogens (tertiary/aromatic N) is 5. The highest BCUT2D eigenvalue weighted by molar-refractivity contribution is 5.78. The summed E-state index contributed by atoms with van der Waals surface area (Å²) in [4.78, 5) is 16.4. The molecule has 1 aliphatic heterocycles. The van der Waals surface area contributed by atoms with Crippen LogP contribution in [-0.4, -0.2) is 44.6 Å². The molecule has 3 heterocycles. The van der Waals surface area contributed by atoms with Gasteiger partial charge in [0.05, 0.1) is 28.7 Å². The number of rotatable bonds is 6. The van der Waals surface area contributed by atoms with Gasteiger partial charge in [-0.15, -0.1) is 0 Å². The maximum Gasteiger partial charge on any atom is 0.416 e. The van der Waals surface area contributed by atoms with Gasteiger partial charge in [0.25, 0.3) is 0 Å². The highest BCUT2D eigenvalue weighted by Crippen LogP contribution is 2.38. The van der Waals surface area contributed by atoms with E-state index in [0.29, 0.717) is 28.6 Å². The number of hydrogen-bond donors (Lipinski definition) is 1. The molecule has 5 rings (SSSR count). The Labute approximate surface area is 220 Å². The zero-order valence-corrected chi connectivity index (χ0v) is 21.7. The number of likely N-dealkylation sites (tertiary alicyclic amines) is 1. The van der Waals surface area contributed by atoms with Gasteiger partial charge in [0, 0.05) is 24.7 Å². The Morgan fingerprint density at radius 1 is 0.947 bits per heavy atom. The lowest BCUT2D eigenvalue weighted by Gasteiger charge is -2.28. The van der Waals surface area contributed by atoms with E-state index in [1.54, 1.807) is 18.3 Å². The third kappa shape index (κ3) is 5.43. The predicted molar refractivity (Wildman–Crippen MR) is 143 cm³/mol. The average Bonchev–Trinajstić information content (AvgIpc) is 3.26. The van der Waals surface area contributed by atoms with E-state index in [-0.39, 0.29) is 12.0 Å². The lowest BCUT2D eigenvalue weighted by molar-refractivity contribution is -0.137. The zero-order valence-electron chi connectivity index (χ0n) is 21.7. The van der Waals surface area contributed by atoms with Crippen molar-refractivity contribution < 1.29 is 13.2 Å². The van der Waals surface area contributed by atoms with Crippen LogP contribution in [0, 0.1) is 0 Å². The van der Waals surface area contributed by atoms with Crippen LogP contribution in [0.3, 0.4) is 0 Å². The summed E-state index contributed by atoms with van der Waals surface area (Å²) in [5.41, 5.74) is 2.58. The molecule has 2 aromatic carbocycles. The Balaban J connectivity index is 1.58. The molecule has 1 aliphatic rings. The maximum atomic E-state index is 13.6. The molecular formula is C29H31F3N6. The molecule has 0 aliphatic carbocycles. The SMILES string of the molecule is C[C@H](Nc1nccc(-c2c(-c3cccc(C(F)(F)F)c3)nc(C3CCN(C)CC3)n2C)n1)c1ccccc1. The number of anilines is 1. The van der Waals surface area contributed by atoms with Crippen LogP contribution in [-0.2, 0) is 13.2 Å². The van der Waals surface area contributed by atoms with Crippen LogP contribution in [0.4, 0.5) is 19.1 Å². The zero-order chi connectivity index (χ0) is 26.9. The molecule has 4 aromatic rings. The standard InChI is InChI=1S/C29H31F3N6/c1-19(20-8-5-4-6-9-20)34-28-33-15-12-24(35-28)26-25(22-10-7-11-23(18-22)29(30,31)32)36-27(38(26)3)21-13-16-37(2)17-14-21/h4-12,15,18-19,21H,13-14,16-17H2,1-3H3,(H,33,34,35)/t19-/m0/s1. The summed E-state index contributed by atoms with van der Waals surface area (Å²) >= 11 is 0. The number of piperidine rings is 1. The fourth-order valence-electron chi connectivity index (χ4n) is 5.06. The second-order valence-electron chi connectivity index (χ2n) is 9.92. The molecule has 38 heavy (non-hydrogen) atoms. The molecule has 0 unspecified atom stereocenters. The van der Waals surface area contributed by atoms with Gasteiger partial charge in [0.2, 0.25) is 5.95 Å². The molecule has 2 aromatic heterocycles. The van der Waals surface area contributed by atoms with Gasteiger partial charge in [-0.2, -0.15) is 13.2 Å². The van der Waals surface area contributed by atoms with E-state index in [4.69, 9.17) is 9.97 Å². The van der Waals surface area contributed by atoms with Crippen molar-refractivity contribution in [1.82, 2.24) is 24.4 Å². The molecule has 1 N–H and O–H groups in total. The third-order valence-corrected chi connectivity index (χ3v) is 7.22. The first-order chi connectivity index (χ1) is 18.2. The molecule has 9 heteroatoms. The van der Waals surface area contributed by atoms with Crippen LogP contribution < -0.4 is 5.32 Å². The first-order valence-electron chi connectivity index (χ1n) is 12.8. The summed E-state index contributed by atoms with van der Waals surface area (Å²) in [6, 6.07) is 17.1. The molecule has 198 valence electrons. The smallest absolute Gasteiger partial charge is 0.348 e. The number of nitrogens with one attached hydrogen (secondary N) is 1. The molecule has 0 bridgehead atoms. The van der Waals surface area contributed by atoms with E-state index in [0.717, 1.165) is 43.4 Å². The lowest BCUT2D eigenvalue weighted by atomic mass is 9.96. The summed E-state index contributed by atoms with van der Waals surface area (Å²) in [5, 5.41) is 3.34. The van der Waals surface area contributed by atoms with E-state index in [2.05, 4.69) is 22.2 Å². The Morgan fingerprint density at radius 2 is 1.68 bits per heavy atom. The van der Waals surface area contributed by atoms with E-state index >= 15 is 0 Å². The van der Waals surface area contributed by atoms with Gasteiger partial charge in [-0.1, -0.05) is 42.5 Å². The second kappa shape index (κ2) is 10.6. The Morgan fingerprint density at radius 3 is 2.39 bits per heavy atom. The Kier molecular flexibility index (Phi) is 7.21. The van der Waals surface area contributed by atoms with Gasteiger partial charge in [-0.05, 0) is 63.7 Å². The molecule has 1 saturated heterocycles. The minimum absolute atomic E-state index is 0.0317. The van der Waals surface area contributed by atoms with Gasteiger partial charge in [0.1, 0.15) is 5.82 Å². The molecule has 0 spiro atoms. The van der Waals surface area contributed by atoms with Crippen LogP contribution in [0.5, 0.6) is 0 Å². The lowest BCUT2D eigenvalue weighted by Crippen LogP contribution is -2.30. The van der Waals surface area contributed by atoms with E-state index in [1.165, 1.54) is 12.1 Å². The molecule has 1 fully saturated rings. The summed E-state index contributed by atoms with van der Waals surface area (Å²) in [5.74, 6) is 1.52. The monoisotopic (exact) mass is 520 g/mol. The van der Waals surface area contributed by atoms with Crippen molar-refractivity contribution in [3.8, 4) is 22.6 Å². The van der Waals surface area contributed by atoms with Crippen LogP contribution in [0.15, 0.2) is 66.9 Å². The van der Waals surface area contributed by atoms with Gasteiger partial charge in [0.15, 0.2) is 0 Å². The molecule has 1 atom stereocenters. The van der Waals surface area contributed by atoms with E-state index in [1.807, 2.05) is 48.9 Å². The van der Waals surface area contributed by atoms with Crippen molar-refractivity contribution >= 4 is 5.95 Å². The first kappa shape index (κ1) is 25.9. The van der Waals surface area contributed by atoms with Crippen molar-refractivity contribution in [2.45, 2.75) is 37.9 Å². The van der Waals surface area contributed by atoms with Gasteiger partial charge >= 0.3 is 6.18 Å². The average molecular weight is 521 g/mol. The summed E-state index contributed by atoms with van der Waals surface area (Å²) in [6.07, 6.45) is -0.899. The maximum absolute atomic E-state index is 13.6. The topological polar surface area (TPSA) is 58.9 Å². The molecule has 0 saturated carbocycles. The largest absolute Gasteiger partial charge is 0.416 e. The molecule has 6 nitrogen and oxygen atoms in total. The van der Waals surface area contributed by atoms with Crippen molar-refractivity contribution in [3.63, 3.8) is 0 Å². The second-order valence-corrected chi connectivity index (χ2v) is 9.92. The number of aromatic nitrogens is 4.